The van der Waals surface area contributed by atoms with Crippen LogP contribution in [0.15, 0.2) is 82.5 Å². The van der Waals surface area contributed by atoms with Crippen molar-refractivity contribution in [1.29, 1.82) is 0 Å². The standard InChI is InChI=1S/C24H22N8O2S3/c1-16-18(35-13-4-14-36-20-7-6-19-29-15-21(32(33)34)31(19)30-20)8-10-26-22(16)23(17-5-2-3-9-25-17)37-24-27-11-12-28-24/h2-3,5-12,15,23H,4,13-14H2,1H3,(H,27,28). The number of thioether (sulfide) groups is 3. The average Bonchev–Trinajstić information content (AvgIpc) is 3.58. The molecule has 5 heterocycles. The minimum Gasteiger partial charge on any atom is -0.358 e. The van der Waals surface area contributed by atoms with Gasteiger partial charge in [0.05, 0.1) is 16.6 Å². The summed E-state index contributed by atoms with van der Waals surface area (Å²) in [5.41, 5.74) is 3.50. The lowest BCUT2D eigenvalue weighted by atomic mass is 10.1. The highest BCUT2D eigenvalue weighted by molar-refractivity contribution is 8.00. The molecule has 0 saturated carbocycles. The first-order chi connectivity index (χ1) is 18.1. The molecule has 0 saturated heterocycles. The van der Waals surface area contributed by atoms with E-state index < -0.39 is 4.92 Å². The van der Waals surface area contributed by atoms with E-state index in [1.807, 2.05) is 36.7 Å². The van der Waals surface area contributed by atoms with Crippen LogP contribution in [0.2, 0.25) is 0 Å². The molecular formula is C24H22N8O2S3. The third-order valence-electron chi connectivity index (χ3n) is 5.40. The molecule has 188 valence electrons. The lowest BCUT2D eigenvalue weighted by Gasteiger charge is -2.18. The number of nitrogens with zero attached hydrogens (tertiary/aromatic N) is 7. The first kappa shape index (κ1) is 25.2. The van der Waals surface area contributed by atoms with Crippen LogP contribution in [0.4, 0.5) is 5.82 Å². The van der Waals surface area contributed by atoms with E-state index in [2.05, 4.69) is 38.0 Å². The Hall–Kier alpha value is -3.42. The quantitative estimate of drug-likeness (QED) is 0.0958. The topological polar surface area (TPSA) is 128 Å². The summed E-state index contributed by atoms with van der Waals surface area (Å²) < 4.78 is 1.28. The van der Waals surface area contributed by atoms with Crippen LogP contribution < -0.4 is 0 Å². The molecule has 0 aliphatic heterocycles. The molecule has 37 heavy (non-hydrogen) atoms. The van der Waals surface area contributed by atoms with Crippen LogP contribution in [0.5, 0.6) is 0 Å². The van der Waals surface area contributed by atoms with Gasteiger partial charge in [0.2, 0.25) is 5.65 Å². The highest BCUT2D eigenvalue weighted by atomic mass is 32.2. The lowest BCUT2D eigenvalue weighted by Crippen LogP contribution is -2.05. The van der Waals surface area contributed by atoms with Gasteiger partial charge in [-0.25, -0.2) is 9.97 Å². The van der Waals surface area contributed by atoms with E-state index in [0.29, 0.717) is 5.65 Å². The van der Waals surface area contributed by atoms with Crippen molar-refractivity contribution >= 4 is 46.8 Å². The van der Waals surface area contributed by atoms with E-state index in [1.54, 1.807) is 53.7 Å². The van der Waals surface area contributed by atoms with Crippen LogP contribution in [0.3, 0.4) is 0 Å². The number of imidazole rings is 2. The van der Waals surface area contributed by atoms with Crippen molar-refractivity contribution < 1.29 is 4.92 Å². The fourth-order valence-corrected chi connectivity index (χ4v) is 6.69. The molecule has 0 amide bonds. The highest BCUT2D eigenvalue weighted by Crippen LogP contribution is 2.40. The van der Waals surface area contributed by atoms with E-state index in [9.17, 15) is 10.1 Å². The molecule has 5 aromatic rings. The number of aromatic amines is 1. The Kier molecular flexibility index (Phi) is 8.02. The van der Waals surface area contributed by atoms with Crippen LogP contribution in [-0.2, 0) is 0 Å². The highest BCUT2D eigenvalue weighted by Gasteiger charge is 2.23. The van der Waals surface area contributed by atoms with Crippen molar-refractivity contribution in [2.45, 2.75) is 33.7 Å². The molecule has 1 atom stereocenters. The molecule has 0 radical (unpaired) electrons. The Bertz CT molecular complexity index is 1490. The zero-order valence-electron chi connectivity index (χ0n) is 19.7. The number of aromatic nitrogens is 7. The summed E-state index contributed by atoms with van der Waals surface area (Å²) in [5, 5.41) is 17.0. The fraction of sp³-hybridized carbons (Fsp3) is 0.208. The number of pyridine rings is 2. The van der Waals surface area contributed by atoms with E-state index in [0.717, 1.165) is 45.1 Å². The number of nitrogens with one attached hydrogen (secondary N) is 1. The molecule has 13 heteroatoms. The van der Waals surface area contributed by atoms with Gasteiger partial charge in [0.25, 0.3) is 0 Å². The number of hydrogen-bond acceptors (Lipinski definition) is 10. The summed E-state index contributed by atoms with van der Waals surface area (Å²) in [7, 11) is 0. The molecular weight excluding hydrogens is 529 g/mol. The van der Waals surface area contributed by atoms with Crippen LogP contribution in [-0.4, -0.2) is 51.0 Å². The molecule has 10 nitrogen and oxygen atoms in total. The van der Waals surface area contributed by atoms with Gasteiger partial charge in [-0.2, -0.15) is 0 Å². The van der Waals surface area contributed by atoms with Crippen molar-refractivity contribution in [3.63, 3.8) is 0 Å². The Morgan fingerprint density at radius 1 is 1.03 bits per heavy atom. The molecule has 0 bridgehead atoms. The third kappa shape index (κ3) is 5.95. The summed E-state index contributed by atoms with van der Waals surface area (Å²) >= 11 is 4.97. The normalized spacial score (nSPS) is 12.1. The van der Waals surface area contributed by atoms with Crippen LogP contribution >= 0.6 is 35.3 Å². The fourth-order valence-electron chi connectivity index (χ4n) is 3.63. The first-order valence-corrected chi connectivity index (χ1v) is 14.2. The van der Waals surface area contributed by atoms with Gasteiger partial charge in [-0.15, -0.1) is 23.5 Å². The summed E-state index contributed by atoms with van der Waals surface area (Å²) in [5.74, 6) is 1.63. The Labute approximate surface area is 225 Å². The molecule has 0 aliphatic carbocycles. The van der Waals surface area contributed by atoms with Gasteiger partial charge < -0.3 is 15.1 Å². The maximum Gasteiger partial charge on any atom is 0.368 e. The molecule has 0 spiro atoms. The predicted molar refractivity (Wildman–Crippen MR) is 145 cm³/mol. The zero-order chi connectivity index (χ0) is 25.6. The molecule has 5 aromatic heterocycles. The van der Waals surface area contributed by atoms with Crippen molar-refractivity contribution in [2.75, 3.05) is 11.5 Å². The molecule has 1 unspecified atom stereocenters. The molecule has 0 aliphatic rings. The predicted octanol–water partition coefficient (Wildman–Crippen LogP) is 5.62. The summed E-state index contributed by atoms with van der Waals surface area (Å²) in [6, 6.07) is 11.6. The van der Waals surface area contributed by atoms with Crippen LogP contribution in [0.1, 0.15) is 28.6 Å². The summed E-state index contributed by atoms with van der Waals surface area (Å²) in [4.78, 5) is 32.8. The summed E-state index contributed by atoms with van der Waals surface area (Å²) in [6.07, 6.45) is 9.38. The number of fused-ring (bicyclic) bond motifs is 1. The second-order valence-electron chi connectivity index (χ2n) is 7.83. The lowest BCUT2D eigenvalue weighted by molar-refractivity contribution is -0.391. The third-order valence-corrected chi connectivity index (χ3v) is 8.80. The molecule has 5 rings (SSSR count). The Balaban J connectivity index is 1.23. The van der Waals surface area contributed by atoms with Gasteiger partial charge in [0, 0.05) is 41.5 Å². The monoisotopic (exact) mass is 550 g/mol. The zero-order valence-corrected chi connectivity index (χ0v) is 22.2. The maximum atomic E-state index is 11.2. The van der Waals surface area contributed by atoms with Crippen molar-refractivity contribution in [3.05, 3.63) is 94.4 Å². The number of H-pyrrole nitrogens is 1. The van der Waals surface area contributed by atoms with E-state index in [4.69, 9.17) is 4.98 Å². The summed E-state index contributed by atoms with van der Waals surface area (Å²) in [6.45, 7) is 2.11. The van der Waals surface area contributed by atoms with Gasteiger partial charge in [-0.05, 0) is 53.8 Å². The van der Waals surface area contributed by atoms with E-state index >= 15 is 0 Å². The molecule has 0 fully saturated rings. The SMILES string of the molecule is Cc1c(SCCCSc2ccc3ncc([N+](=O)[O-])n3n2)ccnc1C(Sc1ncc[nH]1)c1ccccn1. The van der Waals surface area contributed by atoms with Gasteiger partial charge in [-0.3, -0.25) is 9.97 Å². The van der Waals surface area contributed by atoms with Crippen LogP contribution in [0, 0.1) is 17.0 Å². The van der Waals surface area contributed by atoms with Gasteiger partial charge >= 0.3 is 5.82 Å². The molecule has 1 N–H and O–H groups in total. The van der Waals surface area contributed by atoms with Crippen molar-refractivity contribution in [2.24, 2.45) is 0 Å². The minimum atomic E-state index is -0.477. The average molecular weight is 551 g/mol. The number of nitro groups is 1. The van der Waals surface area contributed by atoms with Gasteiger partial charge in [0.1, 0.15) is 11.2 Å². The second kappa shape index (κ2) is 11.8. The minimum absolute atomic E-state index is 0.0864. The Morgan fingerprint density at radius 3 is 2.70 bits per heavy atom. The number of hydrogen-bond donors (Lipinski definition) is 1. The van der Waals surface area contributed by atoms with Crippen molar-refractivity contribution in [3.8, 4) is 0 Å². The van der Waals surface area contributed by atoms with Crippen molar-refractivity contribution in [1.82, 2.24) is 34.5 Å². The Morgan fingerprint density at radius 2 is 1.92 bits per heavy atom. The van der Waals surface area contributed by atoms with Crippen LogP contribution in [0.25, 0.3) is 5.65 Å². The van der Waals surface area contributed by atoms with E-state index in [1.165, 1.54) is 15.6 Å². The van der Waals surface area contributed by atoms with Gasteiger partial charge in [0.15, 0.2) is 5.16 Å². The largest absolute Gasteiger partial charge is 0.368 e. The smallest absolute Gasteiger partial charge is 0.358 e. The number of rotatable bonds is 11. The molecule has 0 aromatic carbocycles. The van der Waals surface area contributed by atoms with E-state index in [-0.39, 0.29) is 11.1 Å². The second-order valence-corrected chi connectivity index (χ2v) is 11.2. The maximum absolute atomic E-state index is 11.2. The van der Waals surface area contributed by atoms with Gasteiger partial charge in [-0.1, -0.05) is 27.4 Å². The first-order valence-electron chi connectivity index (χ1n) is 11.4.